The molecule has 100 valence electrons. The fraction of sp³-hybridized carbons (Fsp3) is 0.133. The number of rotatable bonds is 5. The number of benzene rings is 2. The average molecular weight is 275 g/mol. The fourth-order valence-electron chi connectivity index (χ4n) is 1.66. The van der Waals surface area contributed by atoms with Gasteiger partial charge in [-0.15, -0.1) is 0 Å². The van der Waals surface area contributed by atoms with Gasteiger partial charge in [-0.2, -0.15) is 13.5 Å². The van der Waals surface area contributed by atoms with Crippen molar-refractivity contribution in [3.05, 3.63) is 66.2 Å². The summed E-state index contributed by atoms with van der Waals surface area (Å²) in [6.45, 7) is 0.155. The Bertz CT molecular complexity index is 502. The van der Waals surface area contributed by atoms with Gasteiger partial charge in [-0.1, -0.05) is 48.5 Å². The van der Waals surface area contributed by atoms with Gasteiger partial charge in [0.1, 0.15) is 5.75 Å². The van der Waals surface area contributed by atoms with Gasteiger partial charge in [0, 0.05) is 12.1 Å². The zero-order valence-corrected chi connectivity index (χ0v) is 11.5. The molecule has 0 fully saturated rings. The molecular weight excluding hydrogens is 258 g/mol. The summed E-state index contributed by atoms with van der Waals surface area (Å²) in [5, 5.41) is 0. The molecule has 0 spiro atoms. The Morgan fingerprint density at radius 3 is 2.05 bits per heavy atom. The van der Waals surface area contributed by atoms with E-state index in [2.05, 4.69) is 0 Å². The standard InChI is InChI=1S/C15H15NO2.H2S/c16-11-14(18-13-9-5-2-6-10-13)15(17)12-7-3-1-4-8-12;/h1-10,14H,11,16H2;1H2. The third-order valence-corrected chi connectivity index (χ3v) is 2.59. The predicted molar refractivity (Wildman–Crippen MR) is 81.1 cm³/mol. The van der Waals surface area contributed by atoms with Gasteiger partial charge in [0.2, 0.25) is 5.78 Å². The van der Waals surface area contributed by atoms with Crippen molar-refractivity contribution in [2.45, 2.75) is 6.10 Å². The molecular formula is C15H17NO2S. The quantitative estimate of drug-likeness (QED) is 0.852. The molecule has 1 unspecified atom stereocenters. The number of carbonyl (C=O) groups excluding carboxylic acids is 1. The number of ketones is 1. The van der Waals surface area contributed by atoms with Crippen LogP contribution in [-0.2, 0) is 0 Å². The second-order valence-electron chi connectivity index (χ2n) is 3.89. The van der Waals surface area contributed by atoms with E-state index in [1.54, 1.807) is 24.3 Å². The van der Waals surface area contributed by atoms with Gasteiger partial charge in [-0.05, 0) is 12.1 Å². The van der Waals surface area contributed by atoms with Crippen molar-refractivity contribution in [3.63, 3.8) is 0 Å². The van der Waals surface area contributed by atoms with Gasteiger partial charge in [-0.25, -0.2) is 0 Å². The van der Waals surface area contributed by atoms with Crippen LogP contribution in [0.2, 0.25) is 0 Å². The Kier molecular flexibility index (Phi) is 6.12. The fourth-order valence-corrected chi connectivity index (χ4v) is 1.66. The van der Waals surface area contributed by atoms with Gasteiger partial charge < -0.3 is 10.5 Å². The first kappa shape index (κ1) is 15.3. The first-order valence-electron chi connectivity index (χ1n) is 5.82. The van der Waals surface area contributed by atoms with Crippen molar-refractivity contribution in [3.8, 4) is 5.75 Å². The number of carbonyl (C=O) groups is 1. The minimum absolute atomic E-state index is 0. The van der Waals surface area contributed by atoms with Crippen LogP contribution >= 0.6 is 13.5 Å². The van der Waals surface area contributed by atoms with E-state index in [1.807, 2.05) is 36.4 Å². The predicted octanol–water partition coefficient (Wildman–Crippen LogP) is 2.39. The number of Topliss-reactive ketones (excluding diaryl/α,β-unsaturated/α-hetero) is 1. The van der Waals surface area contributed by atoms with E-state index < -0.39 is 6.10 Å². The van der Waals surface area contributed by atoms with E-state index in [0.29, 0.717) is 11.3 Å². The lowest BCUT2D eigenvalue weighted by Gasteiger charge is -2.16. The van der Waals surface area contributed by atoms with Crippen molar-refractivity contribution in [1.82, 2.24) is 0 Å². The van der Waals surface area contributed by atoms with Crippen molar-refractivity contribution < 1.29 is 9.53 Å². The summed E-state index contributed by atoms with van der Waals surface area (Å²) < 4.78 is 5.61. The number of ether oxygens (including phenoxy) is 1. The molecule has 0 saturated carbocycles. The highest BCUT2D eigenvalue weighted by Crippen LogP contribution is 2.13. The minimum Gasteiger partial charge on any atom is -0.481 e. The average Bonchev–Trinajstić information content (AvgIpc) is 2.46. The van der Waals surface area contributed by atoms with Crippen LogP contribution < -0.4 is 10.5 Å². The van der Waals surface area contributed by atoms with Crippen LogP contribution in [0.4, 0.5) is 0 Å². The van der Waals surface area contributed by atoms with Crippen LogP contribution in [0.3, 0.4) is 0 Å². The summed E-state index contributed by atoms with van der Waals surface area (Å²) in [5.41, 5.74) is 6.23. The van der Waals surface area contributed by atoms with Crippen LogP contribution in [0.25, 0.3) is 0 Å². The molecule has 0 heterocycles. The highest BCUT2D eigenvalue weighted by atomic mass is 32.1. The molecule has 2 N–H and O–H groups in total. The number of hydrogen-bond donors (Lipinski definition) is 1. The van der Waals surface area contributed by atoms with E-state index in [4.69, 9.17) is 10.5 Å². The molecule has 2 aromatic rings. The summed E-state index contributed by atoms with van der Waals surface area (Å²) in [6.07, 6.45) is -0.644. The van der Waals surface area contributed by atoms with Crippen LogP contribution in [-0.4, -0.2) is 18.4 Å². The SMILES string of the molecule is NCC(Oc1ccccc1)C(=O)c1ccccc1.S. The second-order valence-corrected chi connectivity index (χ2v) is 3.89. The zero-order chi connectivity index (χ0) is 12.8. The van der Waals surface area contributed by atoms with Gasteiger partial charge in [0.15, 0.2) is 6.10 Å². The lowest BCUT2D eigenvalue weighted by Crippen LogP contribution is -2.35. The zero-order valence-electron chi connectivity index (χ0n) is 10.5. The summed E-state index contributed by atoms with van der Waals surface area (Å²) in [4.78, 5) is 12.2. The van der Waals surface area contributed by atoms with Crippen molar-refractivity contribution in [2.75, 3.05) is 6.54 Å². The summed E-state index contributed by atoms with van der Waals surface area (Å²) >= 11 is 0. The molecule has 0 amide bonds. The van der Waals surface area contributed by atoms with Gasteiger partial charge in [0.05, 0.1) is 0 Å². The maximum atomic E-state index is 12.2. The highest BCUT2D eigenvalue weighted by Gasteiger charge is 2.19. The molecule has 0 aliphatic carbocycles. The minimum atomic E-state index is -0.644. The van der Waals surface area contributed by atoms with Crippen LogP contribution in [0.5, 0.6) is 5.75 Å². The van der Waals surface area contributed by atoms with Crippen LogP contribution in [0.15, 0.2) is 60.7 Å². The van der Waals surface area contributed by atoms with E-state index in [9.17, 15) is 4.79 Å². The van der Waals surface area contributed by atoms with E-state index in [-0.39, 0.29) is 25.8 Å². The Morgan fingerprint density at radius 1 is 1.00 bits per heavy atom. The summed E-state index contributed by atoms with van der Waals surface area (Å²) in [5.74, 6) is 0.555. The molecule has 0 saturated heterocycles. The molecule has 19 heavy (non-hydrogen) atoms. The van der Waals surface area contributed by atoms with E-state index in [0.717, 1.165) is 0 Å². The molecule has 2 rings (SSSR count). The topological polar surface area (TPSA) is 52.3 Å². The Labute approximate surface area is 119 Å². The molecule has 0 aromatic heterocycles. The molecule has 4 heteroatoms. The normalized spacial score (nSPS) is 11.2. The Morgan fingerprint density at radius 2 is 1.53 bits per heavy atom. The third kappa shape index (κ3) is 4.12. The highest BCUT2D eigenvalue weighted by molar-refractivity contribution is 7.59. The summed E-state index contributed by atoms with van der Waals surface area (Å²) in [7, 11) is 0. The van der Waals surface area contributed by atoms with E-state index >= 15 is 0 Å². The Hall–Kier alpha value is -1.78. The number of nitrogens with two attached hydrogens (primary N) is 1. The first-order chi connectivity index (χ1) is 8.81. The Balaban J connectivity index is 0.00000180. The maximum Gasteiger partial charge on any atom is 0.204 e. The monoisotopic (exact) mass is 275 g/mol. The van der Waals surface area contributed by atoms with Gasteiger partial charge >= 0.3 is 0 Å². The van der Waals surface area contributed by atoms with Crippen molar-refractivity contribution >= 4 is 19.3 Å². The number of hydrogen-bond acceptors (Lipinski definition) is 3. The molecule has 2 aromatic carbocycles. The van der Waals surface area contributed by atoms with Gasteiger partial charge in [-0.3, -0.25) is 4.79 Å². The third-order valence-electron chi connectivity index (χ3n) is 2.59. The molecule has 0 aliphatic rings. The smallest absolute Gasteiger partial charge is 0.204 e. The van der Waals surface area contributed by atoms with E-state index in [1.165, 1.54) is 0 Å². The molecule has 0 bridgehead atoms. The first-order valence-corrected chi connectivity index (χ1v) is 5.82. The second kappa shape index (κ2) is 7.61. The molecule has 0 radical (unpaired) electrons. The lowest BCUT2D eigenvalue weighted by atomic mass is 10.1. The largest absolute Gasteiger partial charge is 0.481 e. The molecule has 0 aliphatic heterocycles. The van der Waals surface area contributed by atoms with Crippen LogP contribution in [0, 0.1) is 0 Å². The maximum absolute atomic E-state index is 12.2. The van der Waals surface area contributed by atoms with Crippen molar-refractivity contribution in [2.24, 2.45) is 5.73 Å². The number of para-hydroxylation sites is 1. The lowest BCUT2D eigenvalue weighted by molar-refractivity contribution is 0.0804. The molecule has 1 atom stereocenters. The van der Waals surface area contributed by atoms with Crippen LogP contribution in [0.1, 0.15) is 10.4 Å². The van der Waals surface area contributed by atoms with Crippen molar-refractivity contribution in [1.29, 1.82) is 0 Å². The van der Waals surface area contributed by atoms with Gasteiger partial charge in [0.25, 0.3) is 0 Å². The molecule has 3 nitrogen and oxygen atoms in total. The summed E-state index contributed by atoms with van der Waals surface area (Å²) in [6, 6.07) is 18.3.